The van der Waals surface area contributed by atoms with Crippen LogP contribution in [0.2, 0.25) is 0 Å². The number of ether oxygens (including phenoxy) is 1. The zero-order valence-electron chi connectivity index (χ0n) is 9.20. The summed E-state index contributed by atoms with van der Waals surface area (Å²) in [6.07, 6.45) is 2.25. The van der Waals surface area contributed by atoms with Crippen LogP contribution in [-0.2, 0) is 4.74 Å². The van der Waals surface area contributed by atoms with Gasteiger partial charge < -0.3 is 15.6 Å². The van der Waals surface area contributed by atoms with Crippen molar-refractivity contribution in [2.45, 2.75) is 31.4 Å². The molecule has 1 fully saturated rings. The molecule has 4 nitrogen and oxygen atoms in total. The highest BCUT2D eigenvalue weighted by molar-refractivity contribution is 4.85. The number of rotatable bonds is 4. The summed E-state index contributed by atoms with van der Waals surface area (Å²) in [5, 5.41) is 8.87. The van der Waals surface area contributed by atoms with Gasteiger partial charge in [-0.3, -0.25) is 4.90 Å². The number of piperidine rings is 1. The van der Waals surface area contributed by atoms with Crippen molar-refractivity contribution in [1.82, 2.24) is 4.90 Å². The molecule has 0 bridgehead atoms. The molecule has 4 heteroatoms. The number of nitrogens with zero attached hydrogens (tertiary/aromatic N) is 1. The fourth-order valence-electron chi connectivity index (χ4n) is 2.02. The van der Waals surface area contributed by atoms with Crippen LogP contribution in [-0.4, -0.2) is 55.0 Å². The minimum Gasteiger partial charge on any atom is -0.395 e. The first-order valence-corrected chi connectivity index (χ1v) is 5.23. The lowest BCUT2D eigenvalue weighted by Crippen LogP contribution is -2.51. The molecular formula is C10H22N2O2. The maximum Gasteiger partial charge on any atom is 0.0777 e. The second-order valence-corrected chi connectivity index (χ2v) is 4.44. The average Bonchev–Trinajstić information content (AvgIpc) is 2.18. The van der Waals surface area contributed by atoms with Gasteiger partial charge >= 0.3 is 0 Å². The second kappa shape index (κ2) is 5.07. The predicted octanol–water partition coefficient (Wildman–Crippen LogP) is -0.193. The van der Waals surface area contributed by atoms with Crippen LogP contribution in [0.5, 0.6) is 0 Å². The number of nitrogens with two attached hydrogens (primary N) is 1. The summed E-state index contributed by atoms with van der Waals surface area (Å²) in [4.78, 5) is 2.27. The van der Waals surface area contributed by atoms with Gasteiger partial charge in [-0.25, -0.2) is 0 Å². The second-order valence-electron chi connectivity index (χ2n) is 4.44. The molecule has 1 aliphatic heterocycles. The van der Waals surface area contributed by atoms with E-state index in [1.165, 1.54) is 0 Å². The van der Waals surface area contributed by atoms with Gasteiger partial charge in [0.05, 0.1) is 12.2 Å². The molecule has 1 aliphatic rings. The highest BCUT2D eigenvalue weighted by Crippen LogP contribution is 2.23. The highest BCUT2D eigenvalue weighted by atomic mass is 16.5. The first-order chi connectivity index (χ1) is 6.59. The Hall–Kier alpha value is -0.160. The predicted molar refractivity (Wildman–Crippen MR) is 56.1 cm³/mol. The van der Waals surface area contributed by atoms with Crippen molar-refractivity contribution in [3.63, 3.8) is 0 Å². The fraction of sp³-hybridized carbons (Fsp3) is 1.00. The molecule has 1 heterocycles. The molecule has 0 aromatic carbocycles. The lowest BCUT2D eigenvalue weighted by Gasteiger charge is -2.40. The molecule has 0 aromatic rings. The molecule has 3 N–H and O–H groups in total. The molecule has 0 saturated carbocycles. The molecule has 0 aromatic heterocycles. The molecule has 1 saturated heterocycles. The minimum absolute atomic E-state index is 0.0343. The van der Waals surface area contributed by atoms with Crippen molar-refractivity contribution >= 4 is 0 Å². The van der Waals surface area contributed by atoms with Gasteiger partial charge in [0.25, 0.3) is 0 Å². The normalized spacial score (nSPS) is 31.7. The van der Waals surface area contributed by atoms with Crippen LogP contribution in [0.25, 0.3) is 0 Å². The molecule has 0 spiro atoms. The maximum absolute atomic E-state index is 8.87. The Morgan fingerprint density at radius 1 is 1.64 bits per heavy atom. The van der Waals surface area contributed by atoms with Crippen molar-refractivity contribution in [2.24, 2.45) is 5.73 Å². The Morgan fingerprint density at radius 2 is 2.36 bits per heavy atom. The van der Waals surface area contributed by atoms with E-state index in [9.17, 15) is 0 Å². The van der Waals surface area contributed by atoms with Crippen LogP contribution < -0.4 is 5.73 Å². The molecule has 84 valence electrons. The number of hydrogen-bond donors (Lipinski definition) is 2. The first kappa shape index (κ1) is 11.9. The first-order valence-electron chi connectivity index (χ1n) is 5.23. The lowest BCUT2D eigenvalue weighted by atomic mass is 9.94. The molecule has 14 heavy (non-hydrogen) atoms. The largest absolute Gasteiger partial charge is 0.395 e. The summed E-state index contributed by atoms with van der Waals surface area (Å²) in [5.41, 5.74) is 5.67. The van der Waals surface area contributed by atoms with Gasteiger partial charge in [-0.1, -0.05) is 0 Å². The molecule has 0 amide bonds. The Morgan fingerprint density at radius 3 is 2.93 bits per heavy atom. The fourth-order valence-corrected chi connectivity index (χ4v) is 2.02. The van der Waals surface area contributed by atoms with E-state index >= 15 is 0 Å². The smallest absolute Gasteiger partial charge is 0.0777 e. The van der Waals surface area contributed by atoms with Gasteiger partial charge in [0.15, 0.2) is 0 Å². The van der Waals surface area contributed by atoms with Crippen molar-refractivity contribution in [1.29, 1.82) is 0 Å². The Balaban J connectivity index is 2.40. The third kappa shape index (κ3) is 3.20. The Labute approximate surface area is 86.0 Å². The minimum atomic E-state index is -0.130. The van der Waals surface area contributed by atoms with E-state index in [-0.39, 0.29) is 18.2 Å². The van der Waals surface area contributed by atoms with E-state index in [2.05, 4.69) is 11.8 Å². The summed E-state index contributed by atoms with van der Waals surface area (Å²) >= 11 is 0. The standard InChI is InChI=1S/C10H22N2O2/c1-10(14-2)4-3-5-12(8-10)6-9(11)7-13/h9,13H,3-8,11H2,1-2H3. The number of methoxy groups -OCH3 is 1. The summed E-state index contributed by atoms with van der Waals surface area (Å²) < 4.78 is 5.48. The molecule has 2 unspecified atom stereocenters. The van der Waals surface area contributed by atoms with Crippen molar-refractivity contribution in [2.75, 3.05) is 33.4 Å². The maximum atomic E-state index is 8.87. The van der Waals surface area contributed by atoms with E-state index in [4.69, 9.17) is 15.6 Å². The zero-order chi connectivity index (χ0) is 10.6. The van der Waals surface area contributed by atoms with Crippen LogP contribution >= 0.6 is 0 Å². The van der Waals surface area contributed by atoms with Gasteiger partial charge in [0.2, 0.25) is 0 Å². The third-order valence-corrected chi connectivity index (χ3v) is 2.96. The number of hydrogen-bond acceptors (Lipinski definition) is 4. The van der Waals surface area contributed by atoms with Crippen LogP contribution in [0.1, 0.15) is 19.8 Å². The number of aliphatic hydroxyl groups excluding tert-OH is 1. The number of likely N-dealkylation sites (tertiary alicyclic amines) is 1. The SMILES string of the molecule is COC1(C)CCCN(CC(N)CO)C1. The van der Waals surface area contributed by atoms with Gasteiger partial charge in [0.1, 0.15) is 0 Å². The molecular weight excluding hydrogens is 180 g/mol. The highest BCUT2D eigenvalue weighted by Gasteiger charge is 2.30. The van der Waals surface area contributed by atoms with E-state index < -0.39 is 0 Å². The van der Waals surface area contributed by atoms with Crippen LogP contribution in [0.3, 0.4) is 0 Å². The van der Waals surface area contributed by atoms with E-state index in [0.29, 0.717) is 0 Å². The van der Waals surface area contributed by atoms with Crippen LogP contribution in [0.15, 0.2) is 0 Å². The monoisotopic (exact) mass is 202 g/mol. The quantitative estimate of drug-likeness (QED) is 0.663. The van der Waals surface area contributed by atoms with Crippen LogP contribution in [0, 0.1) is 0 Å². The summed E-state index contributed by atoms with van der Waals surface area (Å²) in [6, 6.07) is -0.130. The number of aliphatic hydroxyl groups is 1. The summed E-state index contributed by atoms with van der Waals surface area (Å²) in [7, 11) is 1.76. The summed E-state index contributed by atoms with van der Waals surface area (Å²) in [6.45, 7) is 4.92. The van der Waals surface area contributed by atoms with Gasteiger partial charge in [-0.2, -0.15) is 0 Å². The van der Waals surface area contributed by atoms with E-state index in [0.717, 1.165) is 32.5 Å². The Kier molecular flexibility index (Phi) is 4.31. The average molecular weight is 202 g/mol. The lowest BCUT2D eigenvalue weighted by molar-refractivity contribution is -0.0524. The summed E-state index contributed by atoms with van der Waals surface area (Å²) in [5.74, 6) is 0. The van der Waals surface area contributed by atoms with Crippen molar-refractivity contribution < 1.29 is 9.84 Å². The van der Waals surface area contributed by atoms with Crippen molar-refractivity contribution in [3.8, 4) is 0 Å². The van der Waals surface area contributed by atoms with Gasteiger partial charge in [-0.15, -0.1) is 0 Å². The van der Waals surface area contributed by atoms with Gasteiger partial charge in [-0.05, 0) is 26.3 Å². The molecule has 1 rings (SSSR count). The van der Waals surface area contributed by atoms with Crippen molar-refractivity contribution in [3.05, 3.63) is 0 Å². The van der Waals surface area contributed by atoms with E-state index in [1.54, 1.807) is 7.11 Å². The Bertz CT molecular complexity index is 178. The third-order valence-electron chi connectivity index (χ3n) is 2.96. The van der Waals surface area contributed by atoms with E-state index in [1.807, 2.05) is 0 Å². The van der Waals surface area contributed by atoms with Crippen LogP contribution in [0.4, 0.5) is 0 Å². The topological polar surface area (TPSA) is 58.7 Å². The molecule has 0 radical (unpaired) electrons. The molecule has 0 aliphatic carbocycles. The zero-order valence-corrected chi connectivity index (χ0v) is 9.20. The van der Waals surface area contributed by atoms with Gasteiger partial charge in [0, 0.05) is 26.2 Å². The molecule has 2 atom stereocenters.